The number of rotatable bonds is 8. The molecule has 7 heteroatoms. The van der Waals surface area contributed by atoms with E-state index in [1.165, 1.54) is 24.3 Å². The topological polar surface area (TPSA) is 84.5 Å². The fourth-order valence-electron chi connectivity index (χ4n) is 2.30. The molecule has 0 unspecified atom stereocenters. The van der Waals surface area contributed by atoms with Crippen LogP contribution in [0.3, 0.4) is 0 Å². The number of amides is 1. The molecule has 2 aromatic rings. The minimum absolute atomic E-state index is 0.162. The number of aryl methyl sites for hydroxylation is 1. The first-order valence-electron chi connectivity index (χ1n) is 8.77. The van der Waals surface area contributed by atoms with Crippen LogP contribution in [0.2, 0.25) is 0 Å². The molecule has 0 aliphatic heterocycles. The molecule has 0 heterocycles. The predicted molar refractivity (Wildman–Crippen MR) is 107 cm³/mol. The smallest absolute Gasteiger partial charge is 0.262 e. The van der Waals surface area contributed by atoms with Crippen LogP contribution in [-0.2, 0) is 14.8 Å². The van der Waals surface area contributed by atoms with E-state index in [4.69, 9.17) is 4.74 Å². The molecule has 0 aromatic heterocycles. The number of carbonyl (C=O) groups is 1. The molecule has 0 spiro atoms. The largest absolute Gasteiger partial charge is 0.484 e. The Hall–Kier alpha value is -2.38. The van der Waals surface area contributed by atoms with Gasteiger partial charge in [-0.2, -0.15) is 0 Å². The van der Waals surface area contributed by atoms with Gasteiger partial charge in [0.2, 0.25) is 10.0 Å². The second-order valence-electron chi connectivity index (χ2n) is 6.80. The third-order valence-electron chi connectivity index (χ3n) is 4.06. The maximum absolute atomic E-state index is 12.2. The summed E-state index contributed by atoms with van der Waals surface area (Å²) in [5.41, 5.74) is 2.85. The zero-order valence-corrected chi connectivity index (χ0v) is 16.9. The van der Waals surface area contributed by atoms with E-state index in [1.807, 2.05) is 45.9 Å². The van der Waals surface area contributed by atoms with Gasteiger partial charge in [-0.25, -0.2) is 13.1 Å². The number of nitrogens with one attached hydrogen (secondary N) is 2. The lowest BCUT2D eigenvalue weighted by Crippen LogP contribution is -2.27. The average Bonchev–Trinajstić information content (AvgIpc) is 2.62. The highest BCUT2D eigenvalue weighted by Crippen LogP contribution is 2.19. The molecule has 27 heavy (non-hydrogen) atoms. The van der Waals surface area contributed by atoms with Crippen molar-refractivity contribution in [3.05, 3.63) is 53.6 Å². The van der Waals surface area contributed by atoms with Crippen molar-refractivity contribution in [3.63, 3.8) is 0 Å². The summed E-state index contributed by atoms with van der Waals surface area (Å²) in [4.78, 5) is 12.2. The first kappa shape index (κ1) is 20.9. The van der Waals surface area contributed by atoms with Crippen molar-refractivity contribution in [3.8, 4) is 5.75 Å². The zero-order valence-electron chi connectivity index (χ0n) is 16.1. The first-order valence-corrected chi connectivity index (χ1v) is 10.3. The van der Waals surface area contributed by atoms with Gasteiger partial charge in [0.25, 0.3) is 5.91 Å². The summed E-state index contributed by atoms with van der Waals surface area (Å²) >= 11 is 0. The van der Waals surface area contributed by atoms with Crippen LogP contribution in [0, 0.1) is 19.8 Å². The van der Waals surface area contributed by atoms with E-state index >= 15 is 0 Å². The highest BCUT2D eigenvalue weighted by Gasteiger charge is 2.14. The molecule has 146 valence electrons. The van der Waals surface area contributed by atoms with E-state index in [0.29, 0.717) is 12.3 Å². The highest BCUT2D eigenvalue weighted by molar-refractivity contribution is 7.89. The molecule has 0 radical (unpaired) electrons. The molecule has 1 amide bonds. The van der Waals surface area contributed by atoms with Crippen LogP contribution in [0.25, 0.3) is 0 Å². The molecule has 6 nitrogen and oxygen atoms in total. The predicted octanol–water partition coefficient (Wildman–Crippen LogP) is 3.26. The summed E-state index contributed by atoms with van der Waals surface area (Å²) < 4.78 is 32.3. The van der Waals surface area contributed by atoms with Crippen molar-refractivity contribution in [1.29, 1.82) is 0 Å². The molecule has 2 aromatic carbocycles. The summed E-state index contributed by atoms with van der Waals surface area (Å²) in [5.74, 6) is 0.367. The SMILES string of the molecule is Cc1cccc(NC(=O)COc2ccc(S(=O)(=O)NCC(C)C)cc2)c1C. The monoisotopic (exact) mass is 390 g/mol. The minimum atomic E-state index is -3.54. The van der Waals surface area contributed by atoms with Gasteiger partial charge in [-0.3, -0.25) is 4.79 Å². The van der Waals surface area contributed by atoms with E-state index in [9.17, 15) is 13.2 Å². The van der Waals surface area contributed by atoms with E-state index in [1.54, 1.807) is 0 Å². The Morgan fingerprint density at radius 1 is 1.07 bits per heavy atom. The van der Waals surface area contributed by atoms with Crippen molar-refractivity contribution in [2.75, 3.05) is 18.5 Å². The molecule has 0 saturated carbocycles. The van der Waals surface area contributed by atoms with Gasteiger partial charge < -0.3 is 10.1 Å². The van der Waals surface area contributed by atoms with Crippen LogP contribution in [0.5, 0.6) is 5.75 Å². The van der Waals surface area contributed by atoms with Gasteiger partial charge in [-0.1, -0.05) is 26.0 Å². The number of carbonyl (C=O) groups excluding carboxylic acids is 1. The summed E-state index contributed by atoms with van der Waals surface area (Å²) in [6.45, 7) is 8.00. The molecule has 0 aliphatic rings. The third kappa shape index (κ3) is 6.08. The van der Waals surface area contributed by atoms with Crippen LogP contribution in [-0.4, -0.2) is 27.5 Å². The van der Waals surface area contributed by atoms with E-state index in [2.05, 4.69) is 10.0 Å². The standard InChI is InChI=1S/C20H26N2O4S/c1-14(2)12-21-27(24,25)18-10-8-17(9-11-18)26-13-20(23)22-19-7-5-6-15(3)16(19)4/h5-11,14,21H,12-13H2,1-4H3,(H,22,23). The summed E-state index contributed by atoms with van der Waals surface area (Å²) in [5, 5.41) is 2.81. The Morgan fingerprint density at radius 3 is 2.37 bits per heavy atom. The van der Waals surface area contributed by atoms with Crippen molar-refractivity contribution in [2.45, 2.75) is 32.6 Å². The van der Waals surface area contributed by atoms with Gasteiger partial charge in [-0.15, -0.1) is 0 Å². The van der Waals surface area contributed by atoms with Gasteiger partial charge in [-0.05, 0) is 61.2 Å². The van der Waals surface area contributed by atoms with Crippen LogP contribution in [0.15, 0.2) is 47.4 Å². The van der Waals surface area contributed by atoms with E-state index in [0.717, 1.165) is 16.8 Å². The molecule has 0 aliphatic carbocycles. The number of hydrogen-bond donors (Lipinski definition) is 2. The number of ether oxygens (including phenoxy) is 1. The molecule has 0 fully saturated rings. The number of hydrogen-bond acceptors (Lipinski definition) is 4. The lowest BCUT2D eigenvalue weighted by atomic mass is 10.1. The Kier molecular flexibility index (Phi) is 6.98. The van der Waals surface area contributed by atoms with Gasteiger partial charge in [0.15, 0.2) is 6.61 Å². The van der Waals surface area contributed by atoms with E-state index < -0.39 is 10.0 Å². The van der Waals surface area contributed by atoms with Crippen molar-refractivity contribution >= 4 is 21.6 Å². The molecule has 2 N–H and O–H groups in total. The summed E-state index contributed by atoms with van der Waals surface area (Å²) in [6, 6.07) is 11.7. The Bertz CT molecular complexity index is 891. The highest BCUT2D eigenvalue weighted by atomic mass is 32.2. The second-order valence-corrected chi connectivity index (χ2v) is 8.57. The lowest BCUT2D eigenvalue weighted by molar-refractivity contribution is -0.118. The Balaban J connectivity index is 1.93. The quantitative estimate of drug-likeness (QED) is 0.725. The molecule has 0 saturated heterocycles. The Morgan fingerprint density at radius 2 is 1.74 bits per heavy atom. The van der Waals surface area contributed by atoms with E-state index in [-0.39, 0.29) is 23.3 Å². The normalized spacial score (nSPS) is 11.4. The molecular weight excluding hydrogens is 364 g/mol. The molecule has 0 atom stereocenters. The van der Waals surface area contributed by atoms with Crippen LogP contribution in [0.4, 0.5) is 5.69 Å². The van der Waals surface area contributed by atoms with Crippen molar-refractivity contribution in [1.82, 2.24) is 4.72 Å². The molecule has 2 rings (SSSR count). The third-order valence-corrected chi connectivity index (χ3v) is 5.50. The van der Waals surface area contributed by atoms with Crippen molar-refractivity contribution in [2.24, 2.45) is 5.92 Å². The van der Waals surface area contributed by atoms with Gasteiger partial charge >= 0.3 is 0 Å². The van der Waals surface area contributed by atoms with Crippen LogP contribution in [0.1, 0.15) is 25.0 Å². The van der Waals surface area contributed by atoms with Crippen LogP contribution < -0.4 is 14.8 Å². The maximum Gasteiger partial charge on any atom is 0.262 e. The summed E-state index contributed by atoms with van der Waals surface area (Å²) in [7, 11) is -3.54. The van der Waals surface area contributed by atoms with Crippen LogP contribution >= 0.6 is 0 Å². The van der Waals surface area contributed by atoms with Gasteiger partial charge in [0, 0.05) is 12.2 Å². The van der Waals surface area contributed by atoms with Gasteiger partial charge in [0.1, 0.15) is 5.75 Å². The number of anilines is 1. The zero-order chi connectivity index (χ0) is 20.0. The molecule has 0 bridgehead atoms. The van der Waals surface area contributed by atoms with Crippen molar-refractivity contribution < 1.29 is 17.9 Å². The maximum atomic E-state index is 12.2. The lowest BCUT2D eigenvalue weighted by Gasteiger charge is -2.12. The number of sulfonamides is 1. The molecular formula is C20H26N2O4S. The number of benzene rings is 2. The fraction of sp³-hybridized carbons (Fsp3) is 0.350. The Labute approximate surface area is 161 Å². The fourth-order valence-corrected chi connectivity index (χ4v) is 3.51. The first-order chi connectivity index (χ1) is 12.7. The average molecular weight is 391 g/mol. The van der Waals surface area contributed by atoms with Gasteiger partial charge in [0.05, 0.1) is 4.90 Å². The summed E-state index contributed by atoms with van der Waals surface area (Å²) in [6.07, 6.45) is 0. The minimum Gasteiger partial charge on any atom is -0.484 e. The second kappa shape index (κ2) is 9.01.